The van der Waals surface area contributed by atoms with Gasteiger partial charge in [0.05, 0.1) is 18.0 Å². The molecule has 196 valence electrons. The van der Waals surface area contributed by atoms with Crippen molar-refractivity contribution in [2.24, 2.45) is 0 Å². The fraction of sp³-hybridized carbons (Fsp3) is 0.500. The summed E-state index contributed by atoms with van der Waals surface area (Å²) >= 11 is 1.19. The van der Waals surface area contributed by atoms with Gasteiger partial charge in [0, 0.05) is 22.6 Å². The van der Waals surface area contributed by atoms with E-state index in [0.29, 0.717) is 24.1 Å². The molecular formula is C22H25F6NO4S2. The number of ether oxygens (including phenoxy) is 1. The van der Waals surface area contributed by atoms with Crippen LogP contribution in [0, 0.1) is 5.82 Å². The highest BCUT2D eigenvalue weighted by Gasteiger charge is 2.56. The highest BCUT2D eigenvalue weighted by Crippen LogP contribution is 2.40. The zero-order valence-electron chi connectivity index (χ0n) is 18.7. The molecule has 1 aromatic carbocycles. The molecule has 0 aliphatic rings. The molecule has 0 aliphatic heterocycles. The SMILES string of the molecule is COC(=O)CCCCc1ccc(C(CCCC(F)(F)C(F)(F)F)NS(=O)(=O)c2ccc(F)cc2)s1. The van der Waals surface area contributed by atoms with E-state index >= 15 is 0 Å². The van der Waals surface area contributed by atoms with Gasteiger partial charge in [0.15, 0.2) is 0 Å². The van der Waals surface area contributed by atoms with Crippen LogP contribution in [0.5, 0.6) is 0 Å². The van der Waals surface area contributed by atoms with E-state index in [2.05, 4.69) is 9.46 Å². The Bertz CT molecular complexity index is 1070. The number of halogens is 6. The van der Waals surface area contributed by atoms with Crippen LogP contribution in [-0.4, -0.2) is 33.6 Å². The molecule has 0 saturated carbocycles. The van der Waals surface area contributed by atoms with Crippen molar-refractivity contribution in [2.75, 3.05) is 7.11 Å². The van der Waals surface area contributed by atoms with Gasteiger partial charge in [-0.1, -0.05) is 0 Å². The van der Waals surface area contributed by atoms with Gasteiger partial charge in [0.1, 0.15) is 5.82 Å². The average molecular weight is 546 g/mol. The second kappa shape index (κ2) is 12.2. The maximum absolute atomic E-state index is 13.4. The second-order valence-electron chi connectivity index (χ2n) is 7.81. The lowest BCUT2D eigenvalue weighted by Crippen LogP contribution is -2.36. The number of benzene rings is 1. The molecule has 1 atom stereocenters. The number of carbonyl (C=O) groups excluding carboxylic acids is 1. The third-order valence-electron chi connectivity index (χ3n) is 5.13. The van der Waals surface area contributed by atoms with Crippen molar-refractivity contribution in [1.29, 1.82) is 0 Å². The number of carbonyl (C=O) groups is 1. The summed E-state index contributed by atoms with van der Waals surface area (Å²) in [6.07, 6.45) is -6.10. The minimum atomic E-state index is -5.70. The molecule has 0 amide bonds. The van der Waals surface area contributed by atoms with Crippen LogP contribution < -0.4 is 4.72 Å². The highest BCUT2D eigenvalue weighted by molar-refractivity contribution is 7.89. The summed E-state index contributed by atoms with van der Waals surface area (Å²) in [5, 5.41) is 0. The van der Waals surface area contributed by atoms with Crippen LogP contribution in [0.25, 0.3) is 0 Å². The number of hydrogen-bond acceptors (Lipinski definition) is 5. The van der Waals surface area contributed by atoms with Gasteiger partial charge >= 0.3 is 18.1 Å². The monoisotopic (exact) mass is 545 g/mol. The van der Waals surface area contributed by atoms with Crippen molar-refractivity contribution in [2.45, 2.75) is 68.0 Å². The van der Waals surface area contributed by atoms with Crippen molar-refractivity contribution in [3.63, 3.8) is 0 Å². The van der Waals surface area contributed by atoms with Crippen molar-refractivity contribution < 1.29 is 44.3 Å². The van der Waals surface area contributed by atoms with Crippen LogP contribution >= 0.6 is 11.3 Å². The maximum Gasteiger partial charge on any atom is 0.453 e. The number of unbranched alkanes of at least 4 members (excludes halogenated alkanes) is 1. The molecule has 0 fully saturated rings. The van der Waals surface area contributed by atoms with Gasteiger partial charge < -0.3 is 4.74 Å². The van der Waals surface area contributed by atoms with E-state index < -0.39 is 46.8 Å². The lowest BCUT2D eigenvalue weighted by molar-refractivity contribution is -0.284. The van der Waals surface area contributed by atoms with E-state index in [1.165, 1.54) is 18.4 Å². The number of thiophene rings is 1. The minimum absolute atomic E-state index is 0.238. The molecular weight excluding hydrogens is 520 g/mol. The Labute approximate surface area is 203 Å². The van der Waals surface area contributed by atoms with E-state index in [1.54, 1.807) is 12.1 Å². The number of rotatable bonds is 13. The Balaban J connectivity index is 2.15. The van der Waals surface area contributed by atoms with Crippen LogP contribution in [0.15, 0.2) is 41.3 Å². The lowest BCUT2D eigenvalue weighted by atomic mass is 10.1. The molecule has 35 heavy (non-hydrogen) atoms. The van der Waals surface area contributed by atoms with Gasteiger partial charge in [0.2, 0.25) is 10.0 Å². The number of hydrogen-bond donors (Lipinski definition) is 1. The van der Waals surface area contributed by atoms with E-state index in [9.17, 15) is 39.6 Å². The largest absolute Gasteiger partial charge is 0.469 e. The first-order chi connectivity index (χ1) is 16.2. The summed E-state index contributed by atoms with van der Waals surface area (Å²) in [6.45, 7) is 0. The van der Waals surface area contributed by atoms with Crippen LogP contribution in [0.4, 0.5) is 26.3 Å². The molecule has 1 heterocycles. The highest BCUT2D eigenvalue weighted by atomic mass is 32.2. The lowest BCUT2D eigenvalue weighted by Gasteiger charge is -2.22. The first-order valence-electron chi connectivity index (χ1n) is 10.6. The number of sulfonamides is 1. The van der Waals surface area contributed by atoms with Crippen molar-refractivity contribution in [1.82, 2.24) is 4.72 Å². The molecule has 13 heteroatoms. The predicted octanol–water partition coefficient (Wildman–Crippen LogP) is 6.16. The molecule has 0 radical (unpaired) electrons. The Morgan fingerprint density at radius 1 is 1.03 bits per heavy atom. The summed E-state index contributed by atoms with van der Waals surface area (Å²) in [6, 6.07) is 6.14. The Kier molecular flexibility index (Phi) is 10.2. The molecule has 0 bridgehead atoms. The fourth-order valence-corrected chi connectivity index (χ4v) is 5.65. The maximum atomic E-state index is 13.4. The normalized spacial score (nSPS) is 13.6. The Hall–Kier alpha value is -2.12. The molecule has 2 aromatic rings. The predicted molar refractivity (Wildman–Crippen MR) is 118 cm³/mol. The minimum Gasteiger partial charge on any atom is -0.469 e. The summed E-state index contributed by atoms with van der Waals surface area (Å²) in [4.78, 5) is 12.2. The summed E-state index contributed by atoms with van der Waals surface area (Å²) < 4.78 is 110. The molecule has 0 aliphatic carbocycles. The van der Waals surface area contributed by atoms with Gasteiger partial charge in [-0.15, -0.1) is 11.3 Å². The van der Waals surface area contributed by atoms with E-state index in [1.807, 2.05) is 0 Å². The molecule has 2 rings (SSSR count). The summed E-state index contributed by atoms with van der Waals surface area (Å²) in [7, 11) is -2.93. The Morgan fingerprint density at radius 2 is 1.69 bits per heavy atom. The third-order valence-corrected chi connectivity index (χ3v) is 7.87. The summed E-state index contributed by atoms with van der Waals surface area (Å²) in [5.41, 5.74) is 0. The van der Waals surface area contributed by atoms with Crippen molar-refractivity contribution in [3.8, 4) is 0 Å². The van der Waals surface area contributed by atoms with Gasteiger partial charge in [-0.3, -0.25) is 4.79 Å². The number of methoxy groups -OCH3 is 1. The van der Waals surface area contributed by atoms with Gasteiger partial charge in [-0.25, -0.2) is 17.5 Å². The molecule has 1 aromatic heterocycles. The molecule has 5 nitrogen and oxygen atoms in total. The van der Waals surface area contributed by atoms with Gasteiger partial charge in [-0.2, -0.15) is 22.0 Å². The number of nitrogens with one attached hydrogen (secondary N) is 1. The van der Waals surface area contributed by atoms with Crippen LogP contribution in [0.3, 0.4) is 0 Å². The van der Waals surface area contributed by atoms with E-state index in [0.717, 1.165) is 29.1 Å². The molecule has 1 N–H and O–H groups in total. The molecule has 0 spiro atoms. The summed E-state index contributed by atoms with van der Waals surface area (Å²) in [5.74, 6) is -5.90. The van der Waals surface area contributed by atoms with Crippen molar-refractivity contribution >= 4 is 27.3 Å². The zero-order chi connectivity index (χ0) is 26.3. The number of alkyl halides is 5. The van der Waals surface area contributed by atoms with Crippen LogP contribution in [0.2, 0.25) is 0 Å². The number of aryl methyl sites for hydroxylation is 1. The smallest absolute Gasteiger partial charge is 0.453 e. The van der Waals surface area contributed by atoms with Crippen LogP contribution in [0.1, 0.15) is 54.3 Å². The van der Waals surface area contributed by atoms with Crippen molar-refractivity contribution in [3.05, 3.63) is 52.0 Å². The fourth-order valence-electron chi connectivity index (χ4n) is 3.19. The standard InChI is InChI=1S/C22H25F6NO4S2/c1-33-20(30)7-3-2-5-16-10-13-19(34-16)18(6-4-14-21(24,25)22(26,27)28)29-35(31,32)17-11-8-15(23)9-12-17/h8-13,18,29H,2-7,14H2,1H3. The first-order valence-corrected chi connectivity index (χ1v) is 12.9. The van der Waals surface area contributed by atoms with Gasteiger partial charge in [0.25, 0.3) is 0 Å². The second-order valence-corrected chi connectivity index (χ2v) is 10.7. The van der Waals surface area contributed by atoms with E-state index in [-0.39, 0.29) is 23.7 Å². The van der Waals surface area contributed by atoms with E-state index in [4.69, 9.17) is 0 Å². The number of esters is 1. The third kappa shape index (κ3) is 8.80. The first kappa shape index (κ1) is 29.1. The topological polar surface area (TPSA) is 72.5 Å². The van der Waals surface area contributed by atoms with Crippen LogP contribution in [-0.2, 0) is 26.0 Å². The molecule has 0 saturated heterocycles. The quantitative estimate of drug-likeness (QED) is 0.186. The Morgan fingerprint density at radius 3 is 2.29 bits per heavy atom. The average Bonchev–Trinajstić information content (AvgIpc) is 3.24. The molecule has 1 unspecified atom stereocenters. The zero-order valence-corrected chi connectivity index (χ0v) is 20.3. The van der Waals surface area contributed by atoms with Gasteiger partial charge in [-0.05, 0) is 68.5 Å².